The molecular formula is C30H27P2+. The molecule has 0 unspecified atom stereocenters. The Labute approximate surface area is 193 Å². The second-order valence-electron chi connectivity index (χ2n) is 8.04. The smallest absolute Gasteiger partial charge is 0.0622 e. The molecule has 156 valence electrons. The second-order valence-corrected chi connectivity index (χ2v) is 14.4. The van der Waals surface area contributed by atoms with Crippen LogP contribution < -0.4 is 21.2 Å². The molecule has 0 nitrogen and oxygen atoms in total. The maximum Gasteiger partial charge on any atom is 0.116 e. The fourth-order valence-corrected chi connectivity index (χ4v) is 14.3. The molecule has 0 aromatic heterocycles. The SMILES string of the molecule is C1=CC([P+](CP(c2ccccc2)c2ccccc2)(c2ccccc2)c2ccccc2)C=C1. The number of benzene rings is 4. The van der Waals surface area contributed by atoms with Crippen molar-refractivity contribution in [2.24, 2.45) is 0 Å². The van der Waals surface area contributed by atoms with E-state index in [1.165, 1.54) is 21.2 Å². The van der Waals surface area contributed by atoms with E-state index in [2.05, 4.69) is 146 Å². The lowest BCUT2D eigenvalue weighted by Gasteiger charge is -2.34. The van der Waals surface area contributed by atoms with Crippen molar-refractivity contribution in [3.8, 4) is 0 Å². The van der Waals surface area contributed by atoms with Crippen molar-refractivity contribution >= 4 is 36.4 Å². The molecule has 0 spiro atoms. The predicted molar refractivity (Wildman–Crippen MR) is 145 cm³/mol. The lowest BCUT2D eigenvalue weighted by molar-refractivity contribution is 1.41. The third-order valence-electron chi connectivity index (χ3n) is 6.17. The van der Waals surface area contributed by atoms with Crippen LogP contribution in [0, 0.1) is 0 Å². The van der Waals surface area contributed by atoms with Crippen LogP contribution in [0.15, 0.2) is 146 Å². The van der Waals surface area contributed by atoms with Gasteiger partial charge in [-0.1, -0.05) is 109 Å². The average molecular weight is 449 g/mol. The first-order valence-electron chi connectivity index (χ1n) is 11.1. The first kappa shape index (κ1) is 21.1. The van der Waals surface area contributed by atoms with E-state index in [4.69, 9.17) is 0 Å². The van der Waals surface area contributed by atoms with Gasteiger partial charge in [0.1, 0.15) is 16.3 Å². The summed E-state index contributed by atoms with van der Waals surface area (Å²) in [7, 11) is -2.30. The summed E-state index contributed by atoms with van der Waals surface area (Å²) in [5.41, 5.74) is 0.421. The van der Waals surface area contributed by atoms with E-state index >= 15 is 0 Å². The Morgan fingerprint density at radius 3 is 1.28 bits per heavy atom. The van der Waals surface area contributed by atoms with Crippen molar-refractivity contribution < 1.29 is 0 Å². The molecule has 4 aromatic carbocycles. The molecule has 0 atom stereocenters. The van der Waals surface area contributed by atoms with Gasteiger partial charge in [0.05, 0.1) is 13.2 Å². The van der Waals surface area contributed by atoms with Crippen LogP contribution in [-0.4, -0.2) is 11.6 Å². The largest absolute Gasteiger partial charge is 0.116 e. The number of hydrogen-bond donors (Lipinski definition) is 0. The Hall–Kier alpha value is -2.78. The van der Waals surface area contributed by atoms with Crippen LogP contribution in [0.25, 0.3) is 0 Å². The van der Waals surface area contributed by atoms with E-state index in [0.29, 0.717) is 5.66 Å². The van der Waals surface area contributed by atoms with Crippen LogP contribution in [0.3, 0.4) is 0 Å². The molecule has 32 heavy (non-hydrogen) atoms. The Bertz CT molecular complexity index is 1090. The molecule has 0 radical (unpaired) electrons. The van der Waals surface area contributed by atoms with Crippen molar-refractivity contribution in [1.29, 1.82) is 0 Å². The number of allylic oxidation sites excluding steroid dienone is 4. The lowest BCUT2D eigenvalue weighted by atomic mass is 10.4. The number of rotatable bonds is 7. The Balaban J connectivity index is 1.74. The van der Waals surface area contributed by atoms with E-state index in [9.17, 15) is 0 Å². The monoisotopic (exact) mass is 449 g/mol. The van der Waals surface area contributed by atoms with Gasteiger partial charge in [-0.05, 0) is 54.9 Å². The van der Waals surface area contributed by atoms with E-state index in [1.807, 2.05) is 0 Å². The van der Waals surface area contributed by atoms with Gasteiger partial charge < -0.3 is 0 Å². The normalized spacial score (nSPS) is 13.7. The molecular weight excluding hydrogens is 422 g/mol. The Morgan fingerprint density at radius 2 is 0.875 bits per heavy atom. The molecule has 0 bridgehead atoms. The van der Waals surface area contributed by atoms with Crippen molar-refractivity contribution in [3.63, 3.8) is 0 Å². The van der Waals surface area contributed by atoms with Crippen LogP contribution >= 0.6 is 15.2 Å². The number of hydrogen-bond acceptors (Lipinski definition) is 0. The quantitative estimate of drug-likeness (QED) is 0.293. The van der Waals surface area contributed by atoms with Gasteiger partial charge in [0.15, 0.2) is 0 Å². The molecule has 0 aliphatic heterocycles. The van der Waals surface area contributed by atoms with Crippen LogP contribution in [0.4, 0.5) is 0 Å². The van der Waals surface area contributed by atoms with Crippen LogP contribution in [0.1, 0.15) is 0 Å². The highest BCUT2D eigenvalue weighted by Crippen LogP contribution is 2.68. The van der Waals surface area contributed by atoms with Gasteiger partial charge in [-0.3, -0.25) is 0 Å². The van der Waals surface area contributed by atoms with Crippen LogP contribution in [-0.2, 0) is 0 Å². The molecule has 5 rings (SSSR count). The topological polar surface area (TPSA) is 0 Å². The van der Waals surface area contributed by atoms with Gasteiger partial charge in [-0.25, -0.2) is 0 Å². The summed E-state index contributed by atoms with van der Waals surface area (Å²) in [4.78, 5) is 0. The molecule has 0 saturated carbocycles. The molecule has 1 aliphatic rings. The van der Waals surface area contributed by atoms with E-state index in [0.717, 1.165) is 5.90 Å². The van der Waals surface area contributed by atoms with Crippen molar-refractivity contribution in [3.05, 3.63) is 146 Å². The summed E-state index contributed by atoms with van der Waals surface area (Å²) >= 11 is 0. The molecule has 2 heteroatoms. The van der Waals surface area contributed by atoms with Crippen molar-refractivity contribution in [2.75, 3.05) is 5.90 Å². The first-order valence-corrected chi connectivity index (χ1v) is 14.7. The fourth-order valence-electron chi connectivity index (χ4n) is 4.60. The lowest BCUT2D eigenvalue weighted by Crippen LogP contribution is -2.33. The van der Waals surface area contributed by atoms with Gasteiger partial charge in [0.2, 0.25) is 0 Å². The van der Waals surface area contributed by atoms with Crippen molar-refractivity contribution in [1.82, 2.24) is 0 Å². The summed E-state index contributed by atoms with van der Waals surface area (Å²) in [6.07, 6.45) is 9.33. The second kappa shape index (κ2) is 9.79. The van der Waals surface area contributed by atoms with Gasteiger partial charge >= 0.3 is 0 Å². The highest BCUT2D eigenvalue weighted by Gasteiger charge is 2.50. The molecule has 4 aromatic rings. The van der Waals surface area contributed by atoms with E-state index in [-0.39, 0.29) is 0 Å². The molecule has 0 fully saturated rings. The molecule has 0 heterocycles. The Morgan fingerprint density at radius 1 is 0.500 bits per heavy atom. The zero-order valence-electron chi connectivity index (χ0n) is 18.0. The highest BCUT2D eigenvalue weighted by atomic mass is 31.2. The average Bonchev–Trinajstić information content (AvgIpc) is 3.43. The zero-order valence-corrected chi connectivity index (χ0v) is 19.8. The minimum absolute atomic E-state index is 0.421. The molecule has 1 aliphatic carbocycles. The van der Waals surface area contributed by atoms with Crippen LogP contribution in [0.5, 0.6) is 0 Å². The minimum atomic E-state index is -1.78. The minimum Gasteiger partial charge on any atom is -0.0622 e. The van der Waals surface area contributed by atoms with Crippen LogP contribution in [0.2, 0.25) is 0 Å². The first-order chi connectivity index (χ1) is 15.9. The van der Waals surface area contributed by atoms with Gasteiger partial charge in [0, 0.05) is 0 Å². The summed E-state index contributed by atoms with van der Waals surface area (Å²) in [5.74, 6) is 1.16. The van der Waals surface area contributed by atoms with E-state index in [1.54, 1.807) is 0 Å². The van der Waals surface area contributed by atoms with E-state index < -0.39 is 15.2 Å². The maximum absolute atomic E-state index is 2.43. The molecule has 0 amide bonds. The van der Waals surface area contributed by atoms with Gasteiger partial charge in [-0.15, -0.1) is 0 Å². The predicted octanol–water partition coefficient (Wildman–Crippen LogP) is 6.24. The maximum atomic E-state index is 2.43. The summed E-state index contributed by atoms with van der Waals surface area (Å²) in [5, 5.41) is 5.89. The summed E-state index contributed by atoms with van der Waals surface area (Å²) in [6.45, 7) is 0. The zero-order chi connectivity index (χ0) is 21.6. The highest BCUT2D eigenvalue weighted by molar-refractivity contribution is 7.99. The summed E-state index contributed by atoms with van der Waals surface area (Å²) < 4.78 is 0. The third kappa shape index (κ3) is 4.14. The third-order valence-corrected chi connectivity index (χ3v) is 14.7. The Kier molecular flexibility index (Phi) is 6.45. The van der Waals surface area contributed by atoms with Gasteiger partial charge in [0.25, 0.3) is 0 Å². The molecule has 0 N–H and O–H groups in total. The standard InChI is InChI=1S/C30H27P2/c1-5-15-26(16-6-1)31(27-17-7-2-8-18-27)25-32(30-23-13-14-24-30,28-19-9-3-10-20-28)29-21-11-4-12-22-29/h1-24,30H,25H2/q+1. The fraction of sp³-hybridized carbons (Fsp3) is 0.0667. The van der Waals surface area contributed by atoms with Gasteiger partial charge in [-0.2, -0.15) is 0 Å². The molecule has 0 saturated heterocycles. The van der Waals surface area contributed by atoms with Crippen molar-refractivity contribution in [2.45, 2.75) is 5.66 Å². The summed E-state index contributed by atoms with van der Waals surface area (Å²) in [6, 6.07) is 44.9.